The molecule has 206 valence electrons. The molecule has 40 heavy (non-hydrogen) atoms. The quantitative estimate of drug-likeness (QED) is 0.221. The molecule has 3 N–H and O–H groups in total. The molecule has 0 spiro atoms. The van der Waals surface area contributed by atoms with Crippen LogP contribution in [-0.2, 0) is 24.6 Å². The van der Waals surface area contributed by atoms with Crippen LogP contribution in [0.2, 0.25) is 0 Å². The smallest absolute Gasteiger partial charge is 0.387 e. The third-order valence-corrected chi connectivity index (χ3v) is 7.12. The van der Waals surface area contributed by atoms with E-state index in [9.17, 15) is 25.3 Å². The lowest BCUT2D eigenvalue weighted by atomic mass is 9.80. The maximum absolute atomic E-state index is 12.7. The first kappa shape index (κ1) is 27.4. The first-order chi connectivity index (χ1) is 19.4. The van der Waals surface area contributed by atoms with Crippen LogP contribution >= 0.6 is 0 Å². The maximum Gasteiger partial charge on any atom is 0.405 e. The number of aliphatic hydroxyl groups is 2. The Morgan fingerprint density at radius 3 is 1.85 bits per heavy atom. The van der Waals surface area contributed by atoms with Crippen molar-refractivity contribution in [1.82, 2.24) is 10.2 Å². The second-order valence-corrected chi connectivity index (χ2v) is 9.38. The number of methoxy groups -OCH3 is 1. The van der Waals surface area contributed by atoms with Crippen LogP contribution in [-0.4, -0.2) is 82.0 Å². The van der Waals surface area contributed by atoms with Crippen LogP contribution in [0.15, 0.2) is 91.0 Å². The lowest BCUT2D eigenvalue weighted by Crippen LogP contribution is -2.66. The number of nitrogens with one attached hydrogen (secondary N) is 1. The molecule has 11 heteroatoms. The summed E-state index contributed by atoms with van der Waals surface area (Å²) in [5, 5.41) is 23.9. The van der Waals surface area contributed by atoms with Crippen molar-refractivity contribution in [3.05, 3.63) is 113 Å². The molecule has 2 heterocycles. The van der Waals surface area contributed by atoms with Gasteiger partial charge in [0.05, 0.1) is 6.61 Å². The molecule has 0 bridgehead atoms. The number of hydrogen-bond acceptors (Lipinski definition) is 7. The predicted molar refractivity (Wildman–Crippen MR) is 141 cm³/mol. The van der Waals surface area contributed by atoms with Crippen molar-refractivity contribution in [1.29, 1.82) is 0 Å². The third kappa shape index (κ3) is 4.71. The van der Waals surface area contributed by atoms with Crippen LogP contribution in [0.3, 0.4) is 0 Å². The van der Waals surface area contributed by atoms with E-state index in [1.807, 2.05) is 96.3 Å². The molecule has 0 saturated carbocycles. The Morgan fingerprint density at radius 2 is 1.40 bits per heavy atom. The summed E-state index contributed by atoms with van der Waals surface area (Å²) in [6, 6.07) is 27.8. The van der Waals surface area contributed by atoms with E-state index in [0.717, 1.165) is 21.6 Å². The van der Waals surface area contributed by atoms with Crippen molar-refractivity contribution in [2.45, 2.75) is 36.4 Å². The summed E-state index contributed by atoms with van der Waals surface area (Å²) in [6.07, 6.45) is -7.06. The monoisotopic (exact) mass is 544 g/mol. The zero-order valence-corrected chi connectivity index (χ0v) is 21.5. The van der Waals surface area contributed by atoms with Crippen LogP contribution < -0.4 is 5.32 Å². The van der Waals surface area contributed by atoms with Gasteiger partial charge < -0.3 is 30.0 Å². The minimum Gasteiger partial charge on any atom is -0.387 e. The van der Waals surface area contributed by atoms with E-state index < -0.39 is 54.0 Å². The summed E-state index contributed by atoms with van der Waals surface area (Å²) in [4.78, 5) is 28.6. The molecule has 3 aromatic rings. The number of imide groups is 1. The first-order valence-corrected chi connectivity index (χ1v) is 12.6. The Balaban J connectivity index is 1.49. The van der Waals surface area contributed by atoms with Gasteiger partial charge in [-0.1, -0.05) is 91.0 Å². The Kier molecular flexibility index (Phi) is 7.85. The molecule has 2 fully saturated rings. The van der Waals surface area contributed by atoms with E-state index in [2.05, 4.69) is 4.79 Å². The highest BCUT2D eigenvalue weighted by molar-refractivity contribution is 6.42. The minimum atomic E-state index is -1.59. The Bertz CT molecular complexity index is 1300. The third-order valence-electron chi connectivity index (χ3n) is 7.12. The molecule has 2 aliphatic heterocycles. The lowest BCUT2D eigenvalue weighted by Gasteiger charge is -2.37. The SMILES string of the molecule is COC1C(=[N+]=[N-])C(=O)NC(=O)N1[C@@H]1O[C@@H](COC(c2ccccc2)(c2ccccc2)c2ccccc2)[C@@H](O)C1O. The molecular formula is C29H28N4O7. The maximum atomic E-state index is 12.7. The zero-order chi connectivity index (χ0) is 28.3. The van der Waals surface area contributed by atoms with E-state index in [0.29, 0.717) is 0 Å². The summed E-state index contributed by atoms with van der Waals surface area (Å²) >= 11 is 0. The molecule has 0 aromatic heterocycles. The highest BCUT2D eigenvalue weighted by Crippen LogP contribution is 2.41. The van der Waals surface area contributed by atoms with Crippen LogP contribution in [0.25, 0.3) is 5.53 Å². The van der Waals surface area contributed by atoms with Gasteiger partial charge in [-0.15, -0.1) is 0 Å². The molecule has 3 amide bonds. The summed E-state index contributed by atoms with van der Waals surface area (Å²) < 4.78 is 17.9. The minimum absolute atomic E-state index is 0.194. The number of ether oxygens (including phenoxy) is 3. The number of hydrogen-bond donors (Lipinski definition) is 3. The van der Waals surface area contributed by atoms with Gasteiger partial charge in [-0.25, -0.2) is 4.79 Å². The van der Waals surface area contributed by atoms with Gasteiger partial charge >= 0.3 is 17.6 Å². The number of urea groups is 1. The molecule has 11 nitrogen and oxygen atoms in total. The van der Waals surface area contributed by atoms with Crippen molar-refractivity contribution in [3.63, 3.8) is 0 Å². The molecule has 0 aliphatic carbocycles. The fourth-order valence-electron chi connectivity index (χ4n) is 5.22. The number of carbonyl (C=O) groups excluding carboxylic acids is 2. The lowest BCUT2D eigenvalue weighted by molar-refractivity contribution is -0.151. The van der Waals surface area contributed by atoms with E-state index in [4.69, 9.17) is 14.2 Å². The predicted octanol–water partition coefficient (Wildman–Crippen LogP) is 1.64. The molecule has 5 rings (SSSR count). The number of aliphatic hydroxyl groups excluding tert-OH is 2. The molecular weight excluding hydrogens is 516 g/mol. The number of benzene rings is 3. The second kappa shape index (κ2) is 11.5. The fourth-order valence-corrected chi connectivity index (χ4v) is 5.22. The molecule has 2 saturated heterocycles. The van der Waals surface area contributed by atoms with Crippen LogP contribution in [0.5, 0.6) is 0 Å². The van der Waals surface area contributed by atoms with Gasteiger partial charge in [-0.2, -0.15) is 4.79 Å². The number of carbonyl (C=O) groups is 2. The number of amides is 3. The van der Waals surface area contributed by atoms with Gasteiger partial charge in [0, 0.05) is 7.11 Å². The van der Waals surface area contributed by atoms with E-state index >= 15 is 0 Å². The average molecular weight is 545 g/mol. The molecule has 5 atom stereocenters. The Labute approximate surface area is 230 Å². The standard InChI is InChI=1S/C29H28N4O7/c1-38-26-22(32-30)25(36)31-28(37)33(26)27-24(35)23(34)21(40-27)17-39-29(18-11-5-2-6-12-18,19-13-7-3-8-14-19)20-15-9-4-10-16-20/h2-16,21,23-24,26-27,34-35H,17H2,1H3,(H,31,36,37)/t21-,23+,24?,26?,27+/m0/s1. The van der Waals surface area contributed by atoms with Crippen LogP contribution in [0.4, 0.5) is 4.79 Å². The molecule has 0 radical (unpaired) electrons. The second-order valence-electron chi connectivity index (χ2n) is 9.38. The van der Waals surface area contributed by atoms with Gasteiger partial charge in [0.15, 0.2) is 6.23 Å². The van der Waals surface area contributed by atoms with Crippen LogP contribution in [0.1, 0.15) is 16.7 Å². The van der Waals surface area contributed by atoms with Crippen molar-refractivity contribution >= 4 is 17.6 Å². The molecule has 2 unspecified atom stereocenters. The summed E-state index contributed by atoms with van der Waals surface area (Å²) in [5.41, 5.74) is 10.2. The summed E-state index contributed by atoms with van der Waals surface area (Å²) in [7, 11) is 1.20. The van der Waals surface area contributed by atoms with Gasteiger partial charge in [0.1, 0.15) is 23.9 Å². The van der Waals surface area contributed by atoms with Gasteiger partial charge in [-0.3, -0.25) is 15.0 Å². The average Bonchev–Trinajstić information content (AvgIpc) is 3.27. The van der Waals surface area contributed by atoms with Crippen molar-refractivity contribution in [2.75, 3.05) is 13.7 Å². The highest BCUT2D eigenvalue weighted by Gasteiger charge is 2.55. The van der Waals surface area contributed by atoms with E-state index in [1.54, 1.807) is 0 Å². The van der Waals surface area contributed by atoms with Crippen LogP contribution in [0, 0.1) is 0 Å². The topological polar surface area (TPSA) is 154 Å². The van der Waals surface area contributed by atoms with Gasteiger partial charge in [0.2, 0.25) is 6.23 Å². The summed E-state index contributed by atoms with van der Waals surface area (Å²) in [6.45, 7) is -0.194. The first-order valence-electron chi connectivity index (χ1n) is 12.6. The molecule has 3 aromatic carbocycles. The van der Waals surface area contributed by atoms with E-state index in [1.165, 1.54) is 7.11 Å². The fraction of sp³-hybridized carbons (Fsp3) is 0.276. The van der Waals surface area contributed by atoms with Gasteiger partial charge in [-0.05, 0) is 16.7 Å². The van der Waals surface area contributed by atoms with Crippen molar-refractivity contribution in [2.24, 2.45) is 0 Å². The van der Waals surface area contributed by atoms with E-state index in [-0.39, 0.29) is 6.61 Å². The summed E-state index contributed by atoms with van der Waals surface area (Å²) in [5.74, 6) is -0.957. The van der Waals surface area contributed by atoms with Gasteiger partial charge in [0.25, 0.3) is 0 Å². The zero-order valence-electron chi connectivity index (χ0n) is 21.5. The Morgan fingerprint density at radius 1 is 0.900 bits per heavy atom. The highest BCUT2D eigenvalue weighted by atomic mass is 16.6. The molecule has 2 aliphatic rings. The van der Waals surface area contributed by atoms with Crippen molar-refractivity contribution in [3.8, 4) is 0 Å². The largest absolute Gasteiger partial charge is 0.405 e. The number of rotatable bonds is 8. The van der Waals surface area contributed by atoms with Crippen molar-refractivity contribution < 1.29 is 38.8 Å². The Hall–Kier alpha value is -4.22. The number of nitrogens with zero attached hydrogens (tertiary/aromatic N) is 3. The normalized spacial score (nSPS) is 25.0.